The van der Waals surface area contributed by atoms with Crippen molar-refractivity contribution in [1.82, 2.24) is 5.32 Å². The molecule has 0 saturated carbocycles. The quantitative estimate of drug-likeness (QED) is 0.244. The van der Waals surface area contributed by atoms with Crippen LogP contribution in [0.4, 0.5) is 0 Å². The smallest absolute Gasteiger partial charge is 0.124 e. The molecular formula is C37H52N2O2. The molecule has 2 aliphatic carbocycles. The number of phenolic OH excluding ortho intramolecular Hbond substituents is 1. The minimum Gasteiger partial charge on any atom is -0.507 e. The molecule has 0 saturated heterocycles. The molecule has 0 aromatic heterocycles. The summed E-state index contributed by atoms with van der Waals surface area (Å²) in [6.07, 6.45) is 15.6. The van der Waals surface area contributed by atoms with E-state index in [2.05, 4.69) is 102 Å². The highest BCUT2D eigenvalue weighted by Gasteiger charge is 2.32. The van der Waals surface area contributed by atoms with Gasteiger partial charge in [0.15, 0.2) is 0 Å². The van der Waals surface area contributed by atoms with Gasteiger partial charge in [0.1, 0.15) is 5.75 Å². The van der Waals surface area contributed by atoms with E-state index < -0.39 is 6.10 Å². The van der Waals surface area contributed by atoms with Gasteiger partial charge in [0.05, 0.1) is 6.10 Å². The van der Waals surface area contributed by atoms with Gasteiger partial charge in [-0.15, -0.1) is 0 Å². The zero-order chi connectivity index (χ0) is 29.8. The maximum absolute atomic E-state index is 10.9. The summed E-state index contributed by atoms with van der Waals surface area (Å²) in [7, 11) is 0. The number of benzene rings is 2. The minimum atomic E-state index is -0.418. The van der Waals surface area contributed by atoms with Gasteiger partial charge in [0, 0.05) is 30.1 Å². The summed E-state index contributed by atoms with van der Waals surface area (Å²) in [5.74, 6) is 1.05. The number of aromatic hydroxyl groups is 1. The molecule has 0 radical (unpaired) electrons. The van der Waals surface area contributed by atoms with E-state index in [0.29, 0.717) is 17.7 Å². The first-order valence-electron chi connectivity index (χ1n) is 15.5. The second kappa shape index (κ2) is 13.1. The fourth-order valence-electron chi connectivity index (χ4n) is 6.21. The number of phenols is 1. The van der Waals surface area contributed by atoms with Crippen LogP contribution in [0.15, 0.2) is 78.4 Å². The predicted molar refractivity (Wildman–Crippen MR) is 172 cm³/mol. The number of allylic oxidation sites excluding steroid dienone is 3. The Morgan fingerprint density at radius 1 is 0.927 bits per heavy atom. The minimum absolute atomic E-state index is 0.0427. The monoisotopic (exact) mass is 556 g/mol. The van der Waals surface area contributed by atoms with Gasteiger partial charge in [-0.3, -0.25) is 0 Å². The Hall–Kier alpha value is -2.66. The van der Waals surface area contributed by atoms with Crippen molar-refractivity contribution in [3.8, 4) is 5.75 Å². The van der Waals surface area contributed by atoms with Crippen molar-refractivity contribution in [3.63, 3.8) is 0 Å². The Morgan fingerprint density at radius 2 is 1.63 bits per heavy atom. The number of rotatable bonds is 9. The average Bonchev–Trinajstić information content (AvgIpc) is 2.91. The van der Waals surface area contributed by atoms with Crippen molar-refractivity contribution in [2.45, 2.75) is 97.2 Å². The highest BCUT2D eigenvalue weighted by Crippen LogP contribution is 2.37. The molecule has 4 rings (SSSR count). The number of aryl methyl sites for hydroxylation is 1. The number of hydrogen-bond donors (Lipinski definition) is 4. The Kier molecular flexibility index (Phi) is 10.00. The van der Waals surface area contributed by atoms with Gasteiger partial charge in [-0.05, 0) is 71.1 Å². The summed E-state index contributed by atoms with van der Waals surface area (Å²) >= 11 is 0. The molecule has 4 nitrogen and oxygen atoms in total. The third-order valence-corrected chi connectivity index (χ3v) is 8.92. The van der Waals surface area contributed by atoms with Crippen LogP contribution in [0, 0.1) is 17.3 Å². The number of hydrogen-bond acceptors (Lipinski definition) is 4. The molecule has 0 amide bonds. The summed E-state index contributed by atoms with van der Waals surface area (Å²) in [5.41, 5.74) is 12.0. The van der Waals surface area contributed by atoms with Crippen LogP contribution >= 0.6 is 0 Å². The summed E-state index contributed by atoms with van der Waals surface area (Å²) in [6, 6.07) is 15.1. The maximum atomic E-state index is 10.9. The molecule has 0 spiro atoms. The first kappa shape index (κ1) is 31.3. The van der Waals surface area contributed by atoms with Crippen LogP contribution in [-0.2, 0) is 18.3 Å². The molecule has 0 bridgehead atoms. The van der Waals surface area contributed by atoms with Gasteiger partial charge < -0.3 is 21.3 Å². The van der Waals surface area contributed by atoms with Crippen LogP contribution in [0.1, 0.15) is 89.1 Å². The molecule has 2 aromatic rings. The van der Waals surface area contributed by atoms with E-state index in [4.69, 9.17) is 5.73 Å². The molecule has 222 valence electrons. The normalized spacial score (nSPS) is 23.9. The van der Waals surface area contributed by atoms with Crippen LogP contribution < -0.4 is 11.1 Å². The van der Waals surface area contributed by atoms with Crippen molar-refractivity contribution >= 4 is 0 Å². The lowest BCUT2D eigenvalue weighted by Gasteiger charge is -2.36. The second-order valence-electron chi connectivity index (χ2n) is 14.3. The van der Waals surface area contributed by atoms with Crippen LogP contribution in [-0.4, -0.2) is 28.9 Å². The van der Waals surface area contributed by atoms with E-state index in [1.807, 2.05) is 18.2 Å². The lowest BCUT2D eigenvalue weighted by atomic mass is 9.73. The van der Waals surface area contributed by atoms with E-state index in [-0.39, 0.29) is 22.8 Å². The van der Waals surface area contributed by atoms with E-state index >= 15 is 0 Å². The molecule has 41 heavy (non-hydrogen) atoms. The van der Waals surface area contributed by atoms with E-state index in [0.717, 1.165) is 55.3 Å². The van der Waals surface area contributed by atoms with Crippen molar-refractivity contribution < 1.29 is 10.2 Å². The van der Waals surface area contributed by atoms with Crippen molar-refractivity contribution in [3.05, 3.63) is 101 Å². The average molecular weight is 557 g/mol. The molecule has 2 aromatic carbocycles. The van der Waals surface area contributed by atoms with E-state index in [1.54, 1.807) is 0 Å². The van der Waals surface area contributed by atoms with Crippen LogP contribution in [0.3, 0.4) is 0 Å². The molecule has 0 fully saturated rings. The highest BCUT2D eigenvalue weighted by molar-refractivity contribution is 5.45. The molecular weight excluding hydrogens is 504 g/mol. The molecule has 0 heterocycles. The number of aliphatic hydroxyl groups excluding tert-OH is 1. The zero-order valence-electron chi connectivity index (χ0n) is 26.0. The topological polar surface area (TPSA) is 78.5 Å². The summed E-state index contributed by atoms with van der Waals surface area (Å²) < 4.78 is 0. The van der Waals surface area contributed by atoms with Gasteiger partial charge in [-0.2, -0.15) is 0 Å². The third kappa shape index (κ3) is 8.22. The van der Waals surface area contributed by atoms with Gasteiger partial charge in [-0.1, -0.05) is 114 Å². The van der Waals surface area contributed by atoms with E-state index in [9.17, 15) is 10.2 Å². The number of para-hydroxylation sites is 1. The van der Waals surface area contributed by atoms with Gasteiger partial charge in [0.2, 0.25) is 0 Å². The predicted octanol–water partition coefficient (Wildman–Crippen LogP) is 7.31. The summed E-state index contributed by atoms with van der Waals surface area (Å²) in [6.45, 7) is 13.6. The molecule has 4 heteroatoms. The molecule has 5 N–H and O–H groups in total. The number of nitrogens with two attached hydrogens (primary N) is 1. The molecule has 5 atom stereocenters. The number of nitrogens with one attached hydrogen (secondary N) is 1. The first-order chi connectivity index (χ1) is 19.3. The third-order valence-electron chi connectivity index (χ3n) is 8.92. The second-order valence-corrected chi connectivity index (χ2v) is 14.3. The summed E-state index contributed by atoms with van der Waals surface area (Å²) in [5, 5.41) is 25.4. The molecule has 5 unspecified atom stereocenters. The van der Waals surface area contributed by atoms with Gasteiger partial charge in [-0.25, -0.2) is 0 Å². The lowest BCUT2D eigenvalue weighted by Crippen LogP contribution is -2.39. The summed E-state index contributed by atoms with van der Waals surface area (Å²) in [4.78, 5) is 0. The highest BCUT2D eigenvalue weighted by atomic mass is 16.3. The fraction of sp³-hybridized carbons (Fsp3) is 0.514. The van der Waals surface area contributed by atoms with Gasteiger partial charge in [0.25, 0.3) is 0 Å². The SMILES string of the molecule is CC(C)(C)c1cccc(C(N)CCc2ccc(CC3C=CC(NCC4=CC=CC(C(C)(C)C)C4O)CC3)cc2)c1O. The Morgan fingerprint density at radius 3 is 2.27 bits per heavy atom. The zero-order valence-corrected chi connectivity index (χ0v) is 26.0. The molecule has 0 aliphatic heterocycles. The fourth-order valence-corrected chi connectivity index (χ4v) is 6.21. The van der Waals surface area contributed by atoms with Crippen molar-refractivity contribution in [2.24, 2.45) is 23.0 Å². The number of aliphatic hydroxyl groups is 1. The lowest BCUT2D eigenvalue weighted by molar-refractivity contribution is 0.0953. The van der Waals surface area contributed by atoms with Crippen molar-refractivity contribution in [2.75, 3.05) is 6.54 Å². The first-order valence-corrected chi connectivity index (χ1v) is 15.5. The Balaban J connectivity index is 1.24. The largest absolute Gasteiger partial charge is 0.507 e. The van der Waals surface area contributed by atoms with E-state index in [1.165, 1.54) is 11.1 Å². The van der Waals surface area contributed by atoms with Crippen LogP contribution in [0.5, 0.6) is 5.75 Å². The van der Waals surface area contributed by atoms with Crippen LogP contribution in [0.25, 0.3) is 0 Å². The standard InChI is InChI=1S/C37H52N2O2/c1-36(2,3)31-11-7-9-28(34(31)40)24-39-29-20-17-27(18-21-29)23-26-15-13-25(14-16-26)19-22-33(38)30-10-8-12-32(35(30)41)37(4,5)6/h7-17,20,27,29,31,33-34,39-41H,18-19,21-24,38H2,1-6H3. The maximum Gasteiger partial charge on any atom is 0.124 e. The van der Waals surface area contributed by atoms with Gasteiger partial charge >= 0.3 is 0 Å². The Labute approximate surface area is 248 Å². The van der Waals surface area contributed by atoms with Crippen molar-refractivity contribution in [1.29, 1.82) is 0 Å². The van der Waals surface area contributed by atoms with Crippen LogP contribution in [0.2, 0.25) is 0 Å². The Bertz CT molecular complexity index is 1240. The molecule has 2 aliphatic rings.